The molecule has 19 heavy (non-hydrogen) atoms. The fraction of sp³-hybridized carbons (Fsp3) is 0.538. The Bertz CT molecular complexity index is 442. The van der Waals surface area contributed by atoms with E-state index in [0.29, 0.717) is 0 Å². The lowest BCUT2D eigenvalue weighted by atomic mass is 10.1. The lowest BCUT2D eigenvalue weighted by Gasteiger charge is -2.32. The maximum atomic E-state index is 12.6. The predicted octanol–water partition coefficient (Wildman–Crippen LogP) is 3.01. The summed E-state index contributed by atoms with van der Waals surface area (Å²) in [7, 11) is 3.76. The third-order valence-electron chi connectivity index (χ3n) is 3.06. The molecule has 0 radical (unpaired) electrons. The van der Waals surface area contributed by atoms with Gasteiger partial charge in [0.25, 0.3) is 0 Å². The number of halogens is 3. The van der Waals surface area contributed by atoms with Crippen molar-refractivity contribution in [3.05, 3.63) is 23.8 Å². The summed E-state index contributed by atoms with van der Waals surface area (Å²) >= 11 is 0. The molecule has 1 aromatic rings. The molecular formula is C13H19F3N2O. The second kappa shape index (κ2) is 5.28. The van der Waals surface area contributed by atoms with Gasteiger partial charge in [0.05, 0.1) is 5.56 Å². The molecule has 0 bridgehead atoms. The van der Waals surface area contributed by atoms with Crippen LogP contribution in [0.25, 0.3) is 0 Å². The summed E-state index contributed by atoms with van der Waals surface area (Å²) in [6.07, 6.45) is -4.43. The minimum atomic E-state index is -4.43. The van der Waals surface area contributed by atoms with Crippen molar-refractivity contribution in [1.29, 1.82) is 0 Å². The van der Waals surface area contributed by atoms with Crippen LogP contribution in [0.2, 0.25) is 0 Å². The van der Waals surface area contributed by atoms with Gasteiger partial charge in [0, 0.05) is 17.3 Å². The summed E-state index contributed by atoms with van der Waals surface area (Å²) in [5.41, 5.74) is 4.41. The van der Waals surface area contributed by atoms with Crippen molar-refractivity contribution in [2.24, 2.45) is 0 Å². The second-order valence-corrected chi connectivity index (χ2v) is 5.28. The molecule has 3 nitrogen and oxygen atoms in total. The van der Waals surface area contributed by atoms with Crippen LogP contribution in [-0.2, 0) is 6.18 Å². The van der Waals surface area contributed by atoms with Gasteiger partial charge < -0.3 is 15.4 Å². The lowest BCUT2D eigenvalue weighted by Crippen LogP contribution is -2.43. The van der Waals surface area contributed by atoms with Crippen LogP contribution < -0.4 is 10.5 Å². The fourth-order valence-electron chi connectivity index (χ4n) is 1.26. The first-order chi connectivity index (χ1) is 8.52. The van der Waals surface area contributed by atoms with E-state index in [-0.39, 0.29) is 23.6 Å². The van der Waals surface area contributed by atoms with E-state index >= 15 is 0 Å². The zero-order chi connectivity index (χ0) is 14.8. The van der Waals surface area contributed by atoms with Gasteiger partial charge in [0.1, 0.15) is 12.4 Å². The number of anilines is 1. The van der Waals surface area contributed by atoms with Gasteiger partial charge in [0.2, 0.25) is 0 Å². The van der Waals surface area contributed by atoms with Gasteiger partial charge in [0.15, 0.2) is 0 Å². The van der Waals surface area contributed by atoms with Crippen molar-refractivity contribution in [2.75, 3.05) is 26.4 Å². The smallest absolute Gasteiger partial charge is 0.416 e. The minimum absolute atomic E-state index is 0.0347. The van der Waals surface area contributed by atoms with Crippen LogP contribution >= 0.6 is 0 Å². The molecule has 0 aliphatic carbocycles. The topological polar surface area (TPSA) is 38.5 Å². The van der Waals surface area contributed by atoms with Crippen LogP contribution in [0.1, 0.15) is 19.4 Å². The number of ether oxygens (including phenoxy) is 1. The van der Waals surface area contributed by atoms with E-state index in [0.717, 1.165) is 12.1 Å². The maximum Gasteiger partial charge on any atom is 0.416 e. The standard InChI is InChI=1S/C13H19F3N2O/c1-12(2,18(3)4)8-19-11-6-9(13(14,15)16)5-10(17)7-11/h5-7H,8,17H2,1-4H3. The van der Waals surface area contributed by atoms with E-state index in [1.54, 1.807) is 0 Å². The Morgan fingerprint density at radius 3 is 2.21 bits per heavy atom. The number of benzene rings is 1. The van der Waals surface area contributed by atoms with E-state index in [9.17, 15) is 13.2 Å². The molecule has 6 heteroatoms. The zero-order valence-electron chi connectivity index (χ0n) is 11.5. The van der Waals surface area contributed by atoms with E-state index in [1.165, 1.54) is 6.07 Å². The first-order valence-corrected chi connectivity index (χ1v) is 5.80. The third-order valence-corrected chi connectivity index (χ3v) is 3.06. The van der Waals surface area contributed by atoms with Crippen molar-refractivity contribution < 1.29 is 17.9 Å². The van der Waals surface area contributed by atoms with E-state index in [4.69, 9.17) is 10.5 Å². The summed E-state index contributed by atoms with van der Waals surface area (Å²) in [5, 5.41) is 0. The van der Waals surface area contributed by atoms with Gasteiger partial charge in [-0.25, -0.2) is 0 Å². The average Bonchev–Trinajstić information content (AvgIpc) is 2.24. The number of nitrogens with two attached hydrogens (primary N) is 1. The molecule has 0 saturated heterocycles. The largest absolute Gasteiger partial charge is 0.492 e. The Labute approximate surface area is 111 Å². The zero-order valence-corrected chi connectivity index (χ0v) is 11.5. The monoisotopic (exact) mass is 276 g/mol. The van der Waals surface area contributed by atoms with E-state index in [1.807, 2.05) is 32.8 Å². The summed E-state index contributed by atoms with van der Waals surface area (Å²) in [6.45, 7) is 4.13. The SMILES string of the molecule is CN(C)C(C)(C)COc1cc(N)cc(C(F)(F)F)c1. The van der Waals surface area contributed by atoms with Crippen molar-refractivity contribution in [3.63, 3.8) is 0 Å². The quantitative estimate of drug-likeness (QED) is 0.859. The molecule has 2 N–H and O–H groups in total. The number of nitrogen functional groups attached to an aromatic ring is 1. The number of nitrogens with zero attached hydrogens (tertiary/aromatic N) is 1. The Hall–Kier alpha value is -1.43. The molecule has 0 fully saturated rings. The Kier molecular flexibility index (Phi) is 4.35. The summed E-state index contributed by atoms with van der Waals surface area (Å²) in [4.78, 5) is 1.93. The fourth-order valence-corrected chi connectivity index (χ4v) is 1.26. The highest BCUT2D eigenvalue weighted by atomic mass is 19.4. The average molecular weight is 276 g/mol. The normalized spacial score (nSPS) is 12.8. The molecule has 1 rings (SSSR count). The van der Waals surface area contributed by atoms with Gasteiger partial charge in [-0.2, -0.15) is 13.2 Å². The molecule has 0 aliphatic heterocycles. The van der Waals surface area contributed by atoms with Gasteiger partial charge in [-0.15, -0.1) is 0 Å². The summed E-state index contributed by atoms with van der Waals surface area (Å²) < 4.78 is 43.3. The predicted molar refractivity (Wildman–Crippen MR) is 69.1 cm³/mol. The van der Waals surface area contributed by atoms with Gasteiger partial charge >= 0.3 is 6.18 Å². The second-order valence-electron chi connectivity index (χ2n) is 5.28. The molecule has 0 heterocycles. The van der Waals surface area contributed by atoms with Crippen LogP contribution in [0.15, 0.2) is 18.2 Å². The highest BCUT2D eigenvalue weighted by molar-refractivity contribution is 5.48. The molecule has 108 valence electrons. The molecule has 0 aliphatic rings. The molecule has 0 aromatic heterocycles. The van der Waals surface area contributed by atoms with Crippen LogP contribution in [0.3, 0.4) is 0 Å². The lowest BCUT2D eigenvalue weighted by molar-refractivity contribution is -0.137. The molecule has 1 aromatic carbocycles. The molecule has 0 saturated carbocycles. The van der Waals surface area contributed by atoms with Crippen molar-refractivity contribution in [3.8, 4) is 5.75 Å². The van der Waals surface area contributed by atoms with Crippen molar-refractivity contribution in [1.82, 2.24) is 4.90 Å². The summed E-state index contributed by atoms with van der Waals surface area (Å²) in [5.74, 6) is 0.127. The molecular weight excluding hydrogens is 257 g/mol. The number of likely N-dealkylation sites (N-methyl/N-ethyl adjacent to an activating group) is 1. The highest BCUT2D eigenvalue weighted by Crippen LogP contribution is 2.33. The van der Waals surface area contributed by atoms with Crippen molar-refractivity contribution in [2.45, 2.75) is 25.6 Å². The van der Waals surface area contributed by atoms with Gasteiger partial charge in [-0.3, -0.25) is 0 Å². The first-order valence-electron chi connectivity index (χ1n) is 5.80. The molecule has 0 unspecified atom stereocenters. The Balaban J connectivity index is 2.88. The highest BCUT2D eigenvalue weighted by Gasteiger charge is 2.31. The number of rotatable bonds is 4. The van der Waals surface area contributed by atoms with Gasteiger partial charge in [-0.1, -0.05) is 0 Å². The number of hydrogen-bond acceptors (Lipinski definition) is 3. The van der Waals surface area contributed by atoms with Crippen LogP contribution in [0.4, 0.5) is 18.9 Å². The maximum absolute atomic E-state index is 12.6. The first kappa shape index (κ1) is 15.6. The Morgan fingerprint density at radius 1 is 1.16 bits per heavy atom. The van der Waals surface area contributed by atoms with Gasteiger partial charge in [-0.05, 0) is 40.1 Å². The number of alkyl halides is 3. The van der Waals surface area contributed by atoms with Crippen LogP contribution in [0, 0.1) is 0 Å². The van der Waals surface area contributed by atoms with Crippen molar-refractivity contribution >= 4 is 5.69 Å². The Morgan fingerprint density at radius 2 is 1.74 bits per heavy atom. The van der Waals surface area contributed by atoms with Crippen LogP contribution in [-0.4, -0.2) is 31.1 Å². The van der Waals surface area contributed by atoms with E-state index < -0.39 is 11.7 Å². The molecule has 0 atom stereocenters. The summed E-state index contributed by atoms with van der Waals surface area (Å²) in [6, 6.07) is 3.24. The molecule has 0 spiro atoms. The van der Waals surface area contributed by atoms with Crippen LogP contribution in [0.5, 0.6) is 5.75 Å². The molecule has 0 amide bonds. The number of hydrogen-bond donors (Lipinski definition) is 1. The minimum Gasteiger partial charge on any atom is -0.492 e. The third kappa shape index (κ3) is 4.31. The van der Waals surface area contributed by atoms with E-state index in [2.05, 4.69) is 0 Å².